The molecular formula is C11H20O7. The molecule has 0 amide bonds. The minimum atomic E-state index is -1.83. The van der Waals surface area contributed by atoms with Gasteiger partial charge in [-0.25, -0.2) is 0 Å². The van der Waals surface area contributed by atoms with Crippen LogP contribution in [0.5, 0.6) is 0 Å². The highest BCUT2D eigenvalue weighted by Crippen LogP contribution is 2.48. The Morgan fingerprint density at radius 2 is 1.94 bits per heavy atom. The van der Waals surface area contributed by atoms with Crippen molar-refractivity contribution in [1.29, 1.82) is 0 Å². The van der Waals surface area contributed by atoms with E-state index in [0.717, 1.165) is 0 Å². The van der Waals surface area contributed by atoms with Crippen LogP contribution in [-0.4, -0.2) is 71.6 Å². The number of methoxy groups -OCH3 is 2. The van der Waals surface area contributed by atoms with E-state index in [4.69, 9.17) is 14.2 Å². The van der Waals surface area contributed by atoms with Crippen molar-refractivity contribution in [2.75, 3.05) is 20.8 Å². The van der Waals surface area contributed by atoms with Crippen LogP contribution in [0, 0.1) is 11.8 Å². The van der Waals surface area contributed by atoms with Crippen LogP contribution in [0.2, 0.25) is 0 Å². The zero-order valence-electron chi connectivity index (χ0n) is 10.4. The fraction of sp³-hybridized carbons (Fsp3) is 1.00. The Hall–Kier alpha value is -0.280. The van der Waals surface area contributed by atoms with Crippen molar-refractivity contribution in [3.8, 4) is 0 Å². The number of hydrogen-bond acceptors (Lipinski definition) is 7. The van der Waals surface area contributed by atoms with Crippen LogP contribution < -0.4 is 0 Å². The van der Waals surface area contributed by atoms with Gasteiger partial charge >= 0.3 is 0 Å². The number of ether oxygens (including phenoxy) is 3. The van der Waals surface area contributed by atoms with Gasteiger partial charge in [-0.15, -0.1) is 0 Å². The van der Waals surface area contributed by atoms with E-state index in [2.05, 4.69) is 0 Å². The lowest BCUT2D eigenvalue weighted by Gasteiger charge is -2.42. The largest absolute Gasteiger partial charge is 0.393 e. The van der Waals surface area contributed by atoms with Crippen LogP contribution in [0.15, 0.2) is 0 Å². The first kappa shape index (κ1) is 14.1. The smallest absolute Gasteiger partial charge is 0.166 e. The Labute approximate surface area is 105 Å². The van der Waals surface area contributed by atoms with Gasteiger partial charge in [-0.3, -0.25) is 0 Å². The van der Waals surface area contributed by atoms with Crippen molar-refractivity contribution in [1.82, 2.24) is 0 Å². The SMILES string of the molecule is COC1CC2C(O)C(O)C(O)(CO)C2C(OC)O1. The summed E-state index contributed by atoms with van der Waals surface area (Å²) in [6.45, 7) is -0.673. The second-order valence-electron chi connectivity index (χ2n) is 4.92. The molecule has 1 aliphatic heterocycles. The van der Waals surface area contributed by atoms with E-state index in [1.54, 1.807) is 0 Å². The summed E-state index contributed by atoms with van der Waals surface area (Å²) in [5, 5.41) is 39.6. The Morgan fingerprint density at radius 1 is 1.28 bits per heavy atom. The number of fused-ring (bicyclic) bond motifs is 1. The number of aliphatic hydroxyl groups is 4. The lowest BCUT2D eigenvalue weighted by molar-refractivity contribution is -0.306. The molecule has 0 aromatic rings. The lowest BCUT2D eigenvalue weighted by atomic mass is 9.81. The van der Waals surface area contributed by atoms with Crippen molar-refractivity contribution in [3.63, 3.8) is 0 Å². The third kappa shape index (κ3) is 1.87. The lowest BCUT2D eigenvalue weighted by Crippen LogP contribution is -2.55. The van der Waals surface area contributed by atoms with Gasteiger partial charge in [0.25, 0.3) is 0 Å². The first-order valence-corrected chi connectivity index (χ1v) is 5.90. The van der Waals surface area contributed by atoms with E-state index in [-0.39, 0.29) is 0 Å². The van der Waals surface area contributed by atoms with Gasteiger partial charge in [-0.2, -0.15) is 0 Å². The monoisotopic (exact) mass is 264 g/mol. The molecule has 7 heteroatoms. The van der Waals surface area contributed by atoms with E-state index in [1.165, 1.54) is 14.2 Å². The van der Waals surface area contributed by atoms with Crippen LogP contribution in [0.3, 0.4) is 0 Å². The predicted molar refractivity (Wildman–Crippen MR) is 58.3 cm³/mol. The van der Waals surface area contributed by atoms with Crippen LogP contribution in [0.4, 0.5) is 0 Å². The normalized spacial score (nSPS) is 52.3. The van der Waals surface area contributed by atoms with Gasteiger partial charge in [0.2, 0.25) is 0 Å². The summed E-state index contributed by atoms with van der Waals surface area (Å²) in [6.07, 6.45) is -3.68. The summed E-state index contributed by atoms with van der Waals surface area (Å²) in [5.74, 6) is -1.16. The van der Waals surface area contributed by atoms with Crippen LogP contribution in [0.1, 0.15) is 6.42 Å². The molecule has 18 heavy (non-hydrogen) atoms. The highest BCUT2D eigenvalue weighted by molar-refractivity contribution is 5.10. The van der Waals surface area contributed by atoms with E-state index in [9.17, 15) is 20.4 Å². The van der Waals surface area contributed by atoms with Crippen molar-refractivity contribution in [2.45, 2.75) is 36.8 Å². The molecule has 2 rings (SSSR count). The third-order valence-corrected chi connectivity index (χ3v) is 4.11. The Bertz CT molecular complexity index is 299. The number of rotatable bonds is 3. The highest BCUT2D eigenvalue weighted by atomic mass is 16.8. The second kappa shape index (κ2) is 5.01. The molecule has 1 saturated heterocycles. The van der Waals surface area contributed by atoms with Crippen LogP contribution in [-0.2, 0) is 14.2 Å². The average Bonchev–Trinajstić information content (AvgIpc) is 2.60. The minimum Gasteiger partial charge on any atom is -0.393 e. The molecule has 2 fully saturated rings. The molecule has 7 nitrogen and oxygen atoms in total. The standard InChI is InChI=1S/C11H20O7/c1-16-6-3-5-7(10(17-2)18-6)11(15,4-12)9(14)8(5)13/h5-10,12-15H,3-4H2,1-2H3. The summed E-state index contributed by atoms with van der Waals surface area (Å²) in [4.78, 5) is 0. The van der Waals surface area contributed by atoms with E-state index in [0.29, 0.717) is 6.42 Å². The molecule has 2 aliphatic rings. The van der Waals surface area contributed by atoms with Gasteiger partial charge in [0.1, 0.15) is 11.7 Å². The number of hydrogen-bond donors (Lipinski definition) is 4. The van der Waals surface area contributed by atoms with Crippen LogP contribution >= 0.6 is 0 Å². The predicted octanol–water partition coefficient (Wildman–Crippen LogP) is -1.96. The van der Waals surface area contributed by atoms with Crippen molar-refractivity contribution >= 4 is 0 Å². The summed E-state index contributed by atoms with van der Waals surface area (Å²) < 4.78 is 15.7. The molecule has 0 spiro atoms. The molecule has 1 heterocycles. The summed E-state index contributed by atoms with van der Waals surface area (Å²) in [7, 11) is 2.86. The topological polar surface area (TPSA) is 109 Å². The zero-order valence-corrected chi connectivity index (χ0v) is 10.4. The molecule has 0 aromatic heterocycles. The van der Waals surface area contributed by atoms with Crippen molar-refractivity contribution in [3.05, 3.63) is 0 Å². The van der Waals surface area contributed by atoms with Gasteiger partial charge in [-0.05, 0) is 0 Å². The maximum Gasteiger partial charge on any atom is 0.166 e. The van der Waals surface area contributed by atoms with Gasteiger partial charge in [-0.1, -0.05) is 0 Å². The first-order valence-electron chi connectivity index (χ1n) is 5.90. The average molecular weight is 264 g/mol. The number of aliphatic hydroxyl groups excluding tert-OH is 3. The maximum absolute atomic E-state index is 10.3. The van der Waals surface area contributed by atoms with Gasteiger partial charge in [0.05, 0.1) is 12.7 Å². The zero-order chi connectivity index (χ0) is 13.5. The molecule has 0 radical (unpaired) electrons. The molecule has 0 bridgehead atoms. The molecule has 0 aromatic carbocycles. The van der Waals surface area contributed by atoms with Crippen molar-refractivity contribution in [2.24, 2.45) is 11.8 Å². The van der Waals surface area contributed by atoms with E-state index >= 15 is 0 Å². The maximum atomic E-state index is 10.3. The van der Waals surface area contributed by atoms with Crippen molar-refractivity contribution < 1.29 is 34.6 Å². The summed E-state index contributed by atoms with van der Waals surface area (Å²) in [5.41, 5.74) is -1.83. The summed E-state index contributed by atoms with van der Waals surface area (Å²) in [6, 6.07) is 0. The molecular weight excluding hydrogens is 244 g/mol. The van der Waals surface area contributed by atoms with Crippen LogP contribution in [0.25, 0.3) is 0 Å². The second-order valence-corrected chi connectivity index (χ2v) is 4.92. The first-order chi connectivity index (χ1) is 8.49. The Morgan fingerprint density at radius 3 is 2.44 bits per heavy atom. The van der Waals surface area contributed by atoms with Gasteiger partial charge in [0, 0.05) is 32.5 Å². The third-order valence-electron chi connectivity index (χ3n) is 4.11. The van der Waals surface area contributed by atoms with E-state index in [1.807, 2.05) is 0 Å². The molecule has 7 atom stereocenters. The quantitative estimate of drug-likeness (QED) is 0.469. The molecule has 1 saturated carbocycles. The van der Waals surface area contributed by atoms with Gasteiger partial charge < -0.3 is 34.6 Å². The van der Waals surface area contributed by atoms with Gasteiger partial charge in [0.15, 0.2) is 12.6 Å². The van der Waals surface area contributed by atoms with E-state index < -0.39 is 48.8 Å². The fourth-order valence-electron chi connectivity index (χ4n) is 3.10. The Balaban J connectivity index is 2.31. The fourth-order valence-corrected chi connectivity index (χ4v) is 3.10. The Kier molecular flexibility index (Phi) is 3.93. The molecule has 7 unspecified atom stereocenters. The summed E-state index contributed by atoms with van der Waals surface area (Å²) >= 11 is 0. The minimum absolute atomic E-state index is 0.321. The highest BCUT2D eigenvalue weighted by Gasteiger charge is 2.64. The molecule has 4 N–H and O–H groups in total. The molecule has 1 aliphatic carbocycles. The molecule has 106 valence electrons.